The third-order valence-electron chi connectivity index (χ3n) is 3.21. The summed E-state index contributed by atoms with van der Waals surface area (Å²) < 4.78 is 0. The maximum absolute atomic E-state index is 12.0. The van der Waals surface area contributed by atoms with Gasteiger partial charge in [0.25, 0.3) is 0 Å². The van der Waals surface area contributed by atoms with Gasteiger partial charge in [0.15, 0.2) is 0 Å². The molecule has 0 aromatic rings. The molecule has 3 amide bonds. The standard InChI is InChI=1S/C11H16N2O3/c14-9-6-13(7-10(15)12-9)11(16)8-4-2-1-3-5-8/h8H,1-7H2,(H,12,14,15). The number of rotatable bonds is 1. The SMILES string of the molecule is O=C1CN(C(=O)C2CCCCC2)CC(=O)N1. The first kappa shape index (κ1) is 11.1. The van der Waals surface area contributed by atoms with E-state index in [0.29, 0.717) is 0 Å². The predicted molar refractivity (Wildman–Crippen MR) is 56.3 cm³/mol. The van der Waals surface area contributed by atoms with Crippen LogP contribution in [0.2, 0.25) is 0 Å². The summed E-state index contributed by atoms with van der Waals surface area (Å²) in [6, 6.07) is 0. The molecular weight excluding hydrogens is 208 g/mol. The Morgan fingerprint density at radius 3 is 2.19 bits per heavy atom. The highest BCUT2D eigenvalue weighted by atomic mass is 16.2. The van der Waals surface area contributed by atoms with Crippen LogP contribution < -0.4 is 5.32 Å². The van der Waals surface area contributed by atoms with Gasteiger partial charge in [0.05, 0.1) is 0 Å². The van der Waals surface area contributed by atoms with Crippen LogP contribution in [0.3, 0.4) is 0 Å². The summed E-state index contributed by atoms with van der Waals surface area (Å²) in [6.07, 6.45) is 5.12. The molecule has 2 aliphatic rings. The molecule has 5 nitrogen and oxygen atoms in total. The predicted octanol–water partition coefficient (Wildman–Crippen LogP) is 0.0517. The first-order valence-corrected chi connectivity index (χ1v) is 5.78. The van der Waals surface area contributed by atoms with Crippen molar-refractivity contribution in [2.24, 2.45) is 5.92 Å². The lowest BCUT2D eigenvalue weighted by molar-refractivity contribution is -0.148. The van der Waals surface area contributed by atoms with E-state index in [0.717, 1.165) is 25.7 Å². The molecule has 1 aliphatic heterocycles. The fraction of sp³-hybridized carbons (Fsp3) is 0.727. The number of amides is 3. The molecule has 1 aliphatic carbocycles. The molecule has 88 valence electrons. The van der Waals surface area contributed by atoms with Crippen LogP contribution in [0.5, 0.6) is 0 Å². The van der Waals surface area contributed by atoms with Crippen LogP contribution in [-0.2, 0) is 14.4 Å². The van der Waals surface area contributed by atoms with E-state index in [4.69, 9.17) is 0 Å². The summed E-state index contributed by atoms with van der Waals surface area (Å²) in [4.78, 5) is 35.7. The molecule has 1 saturated heterocycles. The van der Waals surface area contributed by atoms with Crippen molar-refractivity contribution in [3.8, 4) is 0 Å². The van der Waals surface area contributed by atoms with Crippen molar-refractivity contribution < 1.29 is 14.4 Å². The molecule has 2 fully saturated rings. The van der Waals surface area contributed by atoms with Crippen molar-refractivity contribution in [3.05, 3.63) is 0 Å². The zero-order valence-electron chi connectivity index (χ0n) is 9.20. The second-order valence-electron chi connectivity index (χ2n) is 4.50. The van der Waals surface area contributed by atoms with E-state index in [1.54, 1.807) is 0 Å². The quantitative estimate of drug-likeness (QED) is 0.640. The van der Waals surface area contributed by atoms with Crippen LogP contribution in [0.4, 0.5) is 0 Å². The van der Waals surface area contributed by atoms with Crippen LogP contribution in [0.1, 0.15) is 32.1 Å². The van der Waals surface area contributed by atoms with Crippen LogP contribution >= 0.6 is 0 Å². The Kier molecular flexibility index (Phi) is 3.22. The van der Waals surface area contributed by atoms with E-state index in [-0.39, 0.29) is 36.7 Å². The molecular formula is C11H16N2O3. The van der Waals surface area contributed by atoms with Gasteiger partial charge in [-0.05, 0) is 12.8 Å². The highest BCUT2D eigenvalue weighted by Crippen LogP contribution is 2.25. The number of hydrogen-bond acceptors (Lipinski definition) is 3. The van der Waals surface area contributed by atoms with Gasteiger partial charge < -0.3 is 4.90 Å². The molecule has 0 aromatic carbocycles. The average Bonchev–Trinajstić information content (AvgIpc) is 2.28. The average molecular weight is 224 g/mol. The number of carbonyl (C=O) groups excluding carboxylic acids is 3. The van der Waals surface area contributed by atoms with Gasteiger partial charge in [-0.3, -0.25) is 19.7 Å². The summed E-state index contributed by atoms with van der Waals surface area (Å²) in [5, 5.41) is 2.20. The number of nitrogens with zero attached hydrogens (tertiary/aromatic N) is 1. The summed E-state index contributed by atoms with van der Waals surface area (Å²) in [5.41, 5.74) is 0. The van der Waals surface area contributed by atoms with E-state index in [9.17, 15) is 14.4 Å². The number of piperazine rings is 1. The minimum atomic E-state index is -0.375. The maximum atomic E-state index is 12.0. The molecule has 1 N–H and O–H groups in total. The zero-order chi connectivity index (χ0) is 11.5. The van der Waals surface area contributed by atoms with E-state index < -0.39 is 0 Å². The monoisotopic (exact) mass is 224 g/mol. The van der Waals surface area contributed by atoms with Crippen LogP contribution in [0.15, 0.2) is 0 Å². The van der Waals surface area contributed by atoms with E-state index in [1.165, 1.54) is 11.3 Å². The summed E-state index contributed by atoms with van der Waals surface area (Å²) in [6.45, 7) is 0.0577. The fourth-order valence-electron chi connectivity index (χ4n) is 2.40. The molecule has 0 bridgehead atoms. The van der Waals surface area contributed by atoms with Gasteiger partial charge in [0.1, 0.15) is 13.1 Å². The van der Waals surface area contributed by atoms with E-state index in [2.05, 4.69) is 5.32 Å². The van der Waals surface area contributed by atoms with E-state index in [1.807, 2.05) is 0 Å². The number of imide groups is 1. The number of nitrogens with one attached hydrogen (secondary N) is 1. The van der Waals surface area contributed by atoms with Crippen LogP contribution in [0, 0.1) is 5.92 Å². The Morgan fingerprint density at radius 1 is 1.06 bits per heavy atom. The Hall–Kier alpha value is -1.39. The molecule has 0 unspecified atom stereocenters. The van der Waals surface area contributed by atoms with Crippen molar-refractivity contribution >= 4 is 17.7 Å². The third kappa shape index (κ3) is 2.40. The van der Waals surface area contributed by atoms with Crippen molar-refractivity contribution in [3.63, 3.8) is 0 Å². The normalized spacial score (nSPS) is 23.1. The molecule has 16 heavy (non-hydrogen) atoms. The Balaban J connectivity index is 1.97. The van der Waals surface area contributed by atoms with Gasteiger partial charge in [0, 0.05) is 5.92 Å². The van der Waals surface area contributed by atoms with Crippen molar-refractivity contribution in [1.82, 2.24) is 10.2 Å². The highest BCUT2D eigenvalue weighted by molar-refractivity contribution is 6.02. The molecule has 5 heteroatoms. The summed E-state index contributed by atoms with van der Waals surface area (Å²) in [5.74, 6) is -0.754. The first-order chi connectivity index (χ1) is 7.66. The molecule has 0 spiro atoms. The lowest BCUT2D eigenvalue weighted by Crippen LogP contribution is -2.54. The van der Waals surface area contributed by atoms with Crippen LogP contribution in [-0.4, -0.2) is 35.7 Å². The molecule has 1 heterocycles. The van der Waals surface area contributed by atoms with Crippen molar-refractivity contribution in [2.45, 2.75) is 32.1 Å². The number of carbonyl (C=O) groups is 3. The Bertz CT molecular complexity index is 305. The van der Waals surface area contributed by atoms with Gasteiger partial charge in [-0.2, -0.15) is 0 Å². The maximum Gasteiger partial charge on any atom is 0.246 e. The fourth-order valence-corrected chi connectivity index (χ4v) is 2.40. The highest BCUT2D eigenvalue weighted by Gasteiger charge is 2.31. The van der Waals surface area contributed by atoms with Gasteiger partial charge in [-0.1, -0.05) is 19.3 Å². The molecule has 0 atom stereocenters. The molecule has 0 radical (unpaired) electrons. The molecule has 0 aromatic heterocycles. The molecule has 1 saturated carbocycles. The van der Waals surface area contributed by atoms with Crippen LogP contribution in [0.25, 0.3) is 0 Å². The third-order valence-corrected chi connectivity index (χ3v) is 3.21. The van der Waals surface area contributed by atoms with Gasteiger partial charge in [-0.15, -0.1) is 0 Å². The number of hydrogen-bond donors (Lipinski definition) is 1. The minimum absolute atomic E-state index is 0.0208. The van der Waals surface area contributed by atoms with E-state index >= 15 is 0 Å². The van der Waals surface area contributed by atoms with Gasteiger partial charge >= 0.3 is 0 Å². The second kappa shape index (κ2) is 4.63. The smallest absolute Gasteiger partial charge is 0.246 e. The summed E-state index contributed by atoms with van der Waals surface area (Å²) in [7, 11) is 0. The summed E-state index contributed by atoms with van der Waals surface area (Å²) >= 11 is 0. The van der Waals surface area contributed by atoms with Gasteiger partial charge in [-0.25, -0.2) is 0 Å². The lowest BCUT2D eigenvalue weighted by atomic mass is 9.88. The van der Waals surface area contributed by atoms with Crippen molar-refractivity contribution in [2.75, 3.05) is 13.1 Å². The zero-order valence-corrected chi connectivity index (χ0v) is 9.20. The Labute approximate surface area is 94.2 Å². The molecule has 2 rings (SSSR count). The van der Waals surface area contributed by atoms with Crippen molar-refractivity contribution in [1.29, 1.82) is 0 Å². The van der Waals surface area contributed by atoms with Gasteiger partial charge in [0.2, 0.25) is 17.7 Å². The topological polar surface area (TPSA) is 66.5 Å². The Morgan fingerprint density at radius 2 is 1.62 bits per heavy atom. The second-order valence-corrected chi connectivity index (χ2v) is 4.50. The minimum Gasteiger partial charge on any atom is -0.324 e. The lowest BCUT2D eigenvalue weighted by Gasteiger charge is -2.30. The largest absolute Gasteiger partial charge is 0.324 e. The first-order valence-electron chi connectivity index (χ1n) is 5.78.